The van der Waals surface area contributed by atoms with Gasteiger partial charge in [-0.05, 0) is 12.8 Å². The third kappa shape index (κ3) is 1.12. The van der Waals surface area contributed by atoms with Crippen molar-refractivity contribution in [3.05, 3.63) is 11.8 Å². The number of carbonyl (C=O) groups excluding carboxylic acids is 1. The average molecular weight is 239 g/mol. The Morgan fingerprint density at radius 3 is 2.69 bits per heavy atom. The van der Waals surface area contributed by atoms with Gasteiger partial charge < -0.3 is 5.32 Å². The molecule has 1 amide bonds. The highest BCUT2D eigenvalue weighted by Gasteiger charge is 2.57. The highest BCUT2D eigenvalue weighted by molar-refractivity contribution is 7.90. The molecule has 0 saturated heterocycles. The molecule has 84 valence electrons. The quantitative estimate of drug-likeness (QED) is 0.689. The van der Waals surface area contributed by atoms with Crippen molar-refractivity contribution in [1.82, 2.24) is 9.97 Å². The van der Waals surface area contributed by atoms with Gasteiger partial charge in [0.1, 0.15) is 5.82 Å². The van der Waals surface area contributed by atoms with E-state index >= 15 is 0 Å². The first-order valence-corrected chi connectivity index (χ1v) is 6.72. The summed E-state index contributed by atoms with van der Waals surface area (Å²) in [4.78, 5) is 19.3. The molecule has 3 rings (SSSR count). The normalized spacial score (nSPS) is 20.7. The number of amides is 1. The number of anilines is 1. The van der Waals surface area contributed by atoms with E-state index in [1.807, 2.05) is 0 Å². The molecule has 1 N–H and O–H groups in total. The van der Waals surface area contributed by atoms with E-state index in [1.54, 1.807) is 0 Å². The number of sulfone groups is 1. The average Bonchev–Trinajstić information content (AvgIpc) is 2.91. The highest BCUT2D eigenvalue weighted by atomic mass is 32.2. The summed E-state index contributed by atoms with van der Waals surface area (Å²) < 4.78 is 22.5. The zero-order valence-electron chi connectivity index (χ0n) is 8.52. The molecule has 1 aliphatic carbocycles. The van der Waals surface area contributed by atoms with E-state index < -0.39 is 15.3 Å². The fourth-order valence-electron chi connectivity index (χ4n) is 1.96. The molecule has 1 spiro atoms. The monoisotopic (exact) mass is 239 g/mol. The number of nitrogens with one attached hydrogen (secondary N) is 1. The van der Waals surface area contributed by atoms with E-state index in [9.17, 15) is 13.2 Å². The third-order valence-electron chi connectivity index (χ3n) is 3.03. The first-order chi connectivity index (χ1) is 7.43. The van der Waals surface area contributed by atoms with Crippen LogP contribution in [0, 0.1) is 0 Å². The minimum Gasteiger partial charge on any atom is -0.310 e. The standard InChI is InChI=1S/C9H9N3O3S/c1-16(14,15)8-10-4-5-6(12-8)11-7(13)9(5)2-3-9/h4H,2-3H2,1H3,(H,10,11,12,13). The van der Waals surface area contributed by atoms with E-state index in [2.05, 4.69) is 15.3 Å². The fraction of sp³-hybridized carbons (Fsp3) is 0.444. The molecule has 0 bridgehead atoms. The predicted molar refractivity (Wildman–Crippen MR) is 54.7 cm³/mol. The van der Waals surface area contributed by atoms with Crippen molar-refractivity contribution < 1.29 is 13.2 Å². The van der Waals surface area contributed by atoms with E-state index in [4.69, 9.17) is 0 Å². The van der Waals surface area contributed by atoms with Crippen LogP contribution in [0.4, 0.5) is 5.82 Å². The number of aromatic nitrogens is 2. The molecule has 0 aromatic carbocycles. The predicted octanol–water partition coefficient (Wildman–Crippen LogP) is -0.136. The van der Waals surface area contributed by atoms with Crippen LogP contribution >= 0.6 is 0 Å². The summed E-state index contributed by atoms with van der Waals surface area (Å²) >= 11 is 0. The van der Waals surface area contributed by atoms with Crippen LogP contribution in [0.15, 0.2) is 11.4 Å². The maximum atomic E-state index is 11.6. The summed E-state index contributed by atoms with van der Waals surface area (Å²) in [5.41, 5.74) is 0.260. The number of hydrogen-bond acceptors (Lipinski definition) is 5. The number of hydrogen-bond donors (Lipinski definition) is 1. The van der Waals surface area contributed by atoms with Gasteiger partial charge in [-0.3, -0.25) is 4.79 Å². The molecular weight excluding hydrogens is 230 g/mol. The van der Waals surface area contributed by atoms with E-state index in [1.165, 1.54) is 6.20 Å². The lowest BCUT2D eigenvalue weighted by Crippen LogP contribution is -2.18. The Balaban J connectivity index is 2.17. The smallest absolute Gasteiger partial charge is 0.248 e. The number of carbonyl (C=O) groups is 1. The second-order valence-electron chi connectivity index (χ2n) is 4.22. The molecule has 1 aromatic heterocycles. The number of rotatable bonds is 1. The molecule has 7 heteroatoms. The van der Waals surface area contributed by atoms with E-state index in [0.717, 1.165) is 24.7 Å². The lowest BCUT2D eigenvalue weighted by atomic mass is 10.0. The van der Waals surface area contributed by atoms with Gasteiger partial charge in [-0.2, -0.15) is 0 Å². The van der Waals surface area contributed by atoms with Gasteiger partial charge in [-0.25, -0.2) is 18.4 Å². The van der Waals surface area contributed by atoms with Gasteiger partial charge in [-0.1, -0.05) is 0 Å². The van der Waals surface area contributed by atoms with Gasteiger partial charge >= 0.3 is 0 Å². The Hall–Kier alpha value is -1.50. The van der Waals surface area contributed by atoms with Crippen LogP contribution in [0.2, 0.25) is 0 Å². The molecular formula is C9H9N3O3S. The largest absolute Gasteiger partial charge is 0.310 e. The topological polar surface area (TPSA) is 89.0 Å². The molecule has 6 nitrogen and oxygen atoms in total. The van der Waals surface area contributed by atoms with Gasteiger partial charge in [0, 0.05) is 18.0 Å². The minimum atomic E-state index is -3.43. The molecule has 1 saturated carbocycles. The summed E-state index contributed by atoms with van der Waals surface area (Å²) in [6, 6.07) is 0. The fourth-order valence-corrected chi connectivity index (χ4v) is 2.46. The van der Waals surface area contributed by atoms with Crippen molar-refractivity contribution in [3.8, 4) is 0 Å². The van der Waals surface area contributed by atoms with E-state index in [-0.39, 0.29) is 11.1 Å². The van der Waals surface area contributed by atoms with Crippen LogP contribution in [-0.2, 0) is 20.0 Å². The first kappa shape index (κ1) is 9.71. The zero-order valence-corrected chi connectivity index (χ0v) is 9.34. The second-order valence-corrected chi connectivity index (χ2v) is 6.13. The van der Waals surface area contributed by atoms with Crippen LogP contribution < -0.4 is 5.32 Å². The summed E-state index contributed by atoms with van der Waals surface area (Å²) in [5, 5.41) is 2.36. The van der Waals surface area contributed by atoms with Crippen molar-refractivity contribution in [3.63, 3.8) is 0 Å². The Bertz CT molecular complexity index is 604. The lowest BCUT2D eigenvalue weighted by molar-refractivity contribution is -0.117. The molecule has 1 aromatic rings. The minimum absolute atomic E-state index is 0.0950. The lowest BCUT2D eigenvalue weighted by Gasteiger charge is -2.03. The summed E-state index contributed by atoms with van der Waals surface area (Å²) in [5.74, 6) is 0.250. The molecule has 0 atom stereocenters. The Morgan fingerprint density at radius 2 is 2.12 bits per heavy atom. The molecule has 2 heterocycles. The van der Waals surface area contributed by atoms with Gasteiger partial charge in [0.2, 0.25) is 20.9 Å². The first-order valence-electron chi connectivity index (χ1n) is 4.82. The van der Waals surface area contributed by atoms with Gasteiger partial charge in [-0.15, -0.1) is 0 Å². The Labute approximate surface area is 92.0 Å². The van der Waals surface area contributed by atoms with Crippen molar-refractivity contribution >= 4 is 21.6 Å². The summed E-state index contributed by atoms with van der Waals surface area (Å²) in [7, 11) is -3.43. The Kier molecular flexibility index (Phi) is 1.58. The van der Waals surface area contributed by atoms with Gasteiger partial charge in [0.05, 0.1) is 5.41 Å². The molecule has 16 heavy (non-hydrogen) atoms. The van der Waals surface area contributed by atoms with Crippen molar-refractivity contribution in [2.75, 3.05) is 11.6 Å². The summed E-state index contributed by atoms with van der Waals surface area (Å²) in [6.45, 7) is 0. The maximum Gasteiger partial charge on any atom is 0.248 e. The van der Waals surface area contributed by atoms with Crippen LogP contribution in [0.5, 0.6) is 0 Å². The van der Waals surface area contributed by atoms with Crippen molar-refractivity contribution in [2.24, 2.45) is 0 Å². The van der Waals surface area contributed by atoms with Gasteiger partial charge in [0.25, 0.3) is 0 Å². The van der Waals surface area contributed by atoms with Crippen LogP contribution in [-0.4, -0.2) is 30.5 Å². The zero-order chi connectivity index (χ0) is 11.6. The van der Waals surface area contributed by atoms with Crippen LogP contribution in [0.25, 0.3) is 0 Å². The molecule has 0 unspecified atom stereocenters. The van der Waals surface area contributed by atoms with Crippen LogP contribution in [0.3, 0.4) is 0 Å². The second kappa shape index (κ2) is 2.60. The summed E-state index contributed by atoms with van der Waals surface area (Å²) in [6.07, 6.45) is 4.06. The number of fused-ring (bicyclic) bond motifs is 2. The Morgan fingerprint density at radius 1 is 1.44 bits per heavy atom. The number of nitrogens with zero attached hydrogens (tertiary/aromatic N) is 2. The SMILES string of the molecule is CS(=O)(=O)c1ncc2c(n1)NC(=O)C21CC1. The van der Waals surface area contributed by atoms with Gasteiger partial charge in [0.15, 0.2) is 0 Å². The van der Waals surface area contributed by atoms with E-state index in [0.29, 0.717) is 5.82 Å². The van der Waals surface area contributed by atoms with Crippen LogP contribution in [0.1, 0.15) is 18.4 Å². The molecule has 1 fully saturated rings. The molecule has 1 aliphatic heterocycles. The maximum absolute atomic E-state index is 11.6. The highest BCUT2D eigenvalue weighted by Crippen LogP contribution is 2.54. The molecule has 2 aliphatic rings. The molecule has 0 radical (unpaired) electrons. The van der Waals surface area contributed by atoms with Crippen molar-refractivity contribution in [1.29, 1.82) is 0 Å². The van der Waals surface area contributed by atoms with Crippen molar-refractivity contribution in [2.45, 2.75) is 23.4 Å². The third-order valence-corrected chi connectivity index (χ3v) is 3.89.